The van der Waals surface area contributed by atoms with Crippen molar-refractivity contribution in [2.75, 3.05) is 13.1 Å². The Morgan fingerprint density at radius 3 is 2.39 bits per heavy atom. The summed E-state index contributed by atoms with van der Waals surface area (Å²) in [5, 5.41) is 21.2. The van der Waals surface area contributed by atoms with Gasteiger partial charge in [-0.25, -0.2) is 4.79 Å². The second-order valence-corrected chi connectivity index (χ2v) is 6.32. The van der Waals surface area contributed by atoms with Crippen molar-refractivity contribution in [2.24, 2.45) is 5.92 Å². The van der Waals surface area contributed by atoms with Crippen molar-refractivity contribution >= 4 is 17.6 Å². The van der Waals surface area contributed by atoms with Crippen LogP contribution in [0.25, 0.3) is 0 Å². The van der Waals surface area contributed by atoms with Crippen molar-refractivity contribution < 1.29 is 28.2 Å². The highest BCUT2D eigenvalue weighted by Crippen LogP contribution is 2.47. The molecule has 2 fully saturated rings. The summed E-state index contributed by atoms with van der Waals surface area (Å²) < 4.78 is 31.7. The molecule has 2 aliphatic rings. The number of hydrogen-bond acceptors (Lipinski definition) is 3. The Hall–Kier alpha value is -1.31. The minimum Gasteiger partial charge on any atom is -0.475 e. The lowest BCUT2D eigenvalue weighted by Gasteiger charge is -2.29. The van der Waals surface area contributed by atoms with Crippen LogP contribution in [0.15, 0.2) is 24.3 Å². The normalized spacial score (nSPS) is 29.6. The van der Waals surface area contributed by atoms with Crippen LogP contribution in [0.2, 0.25) is 5.02 Å². The topological polar surface area (TPSA) is 69.6 Å². The highest BCUT2D eigenvalue weighted by atomic mass is 35.5. The summed E-state index contributed by atoms with van der Waals surface area (Å²) in [6.45, 7) is 2.01. The van der Waals surface area contributed by atoms with Crippen LogP contribution in [0.5, 0.6) is 0 Å². The second-order valence-electron chi connectivity index (χ2n) is 5.89. The monoisotopic (exact) mass is 351 g/mol. The highest BCUT2D eigenvalue weighted by molar-refractivity contribution is 6.30. The molecule has 1 saturated carbocycles. The molecule has 128 valence electrons. The van der Waals surface area contributed by atoms with Crippen molar-refractivity contribution in [3.63, 3.8) is 0 Å². The van der Waals surface area contributed by atoms with Crippen molar-refractivity contribution in [3.05, 3.63) is 34.9 Å². The molecule has 3 rings (SSSR count). The van der Waals surface area contributed by atoms with Crippen LogP contribution in [0.4, 0.5) is 13.2 Å². The largest absolute Gasteiger partial charge is 0.490 e. The number of fused-ring (bicyclic) bond motifs is 1. The number of aliphatic hydroxyl groups excluding tert-OH is 1. The van der Waals surface area contributed by atoms with Gasteiger partial charge in [0.2, 0.25) is 0 Å². The predicted octanol–water partition coefficient (Wildman–Crippen LogP) is 2.59. The first-order chi connectivity index (χ1) is 10.6. The van der Waals surface area contributed by atoms with E-state index in [1.165, 1.54) is 5.56 Å². The van der Waals surface area contributed by atoms with E-state index >= 15 is 0 Å². The first-order valence-electron chi connectivity index (χ1n) is 7.10. The van der Waals surface area contributed by atoms with E-state index in [4.69, 9.17) is 21.5 Å². The summed E-state index contributed by atoms with van der Waals surface area (Å²) >= 11 is 5.92. The van der Waals surface area contributed by atoms with Crippen LogP contribution in [0, 0.1) is 5.92 Å². The molecule has 3 atom stereocenters. The van der Waals surface area contributed by atoms with E-state index in [-0.39, 0.29) is 11.5 Å². The maximum absolute atomic E-state index is 10.6. The number of aliphatic hydroxyl groups is 1. The minimum atomic E-state index is -5.08. The Bertz CT molecular complexity index is 564. The molecule has 0 aromatic heterocycles. The van der Waals surface area contributed by atoms with Gasteiger partial charge in [0.15, 0.2) is 0 Å². The average Bonchev–Trinajstić information content (AvgIpc) is 2.95. The maximum Gasteiger partial charge on any atom is 0.490 e. The SMILES string of the molecule is O=C(O)C(F)(F)F.O[C@@H]1C[C@@H]2CNC[C@]2(c2ccc(Cl)cc2)C1. The van der Waals surface area contributed by atoms with E-state index in [1.807, 2.05) is 12.1 Å². The Kier molecular flexibility index (Phi) is 5.23. The number of halogens is 4. The fourth-order valence-corrected chi connectivity index (χ4v) is 3.55. The molecule has 0 bridgehead atoms. The molecule has 1 aliphatic carbocycles. The molecule has 0 spiro atoms. The van der Waals surface area contributed by atoms with E-state index in [1.54, 1.807) is 0 Å². The molecule has 0 radical (unpaired) electrons. The van der Waals surface area contributed by atoms with Gasteiger partial charge in [0.1, 0.15) is 0 Å². The molecule has 0 amide bonds. The zero-order valence-electron chi connectivity index (χ0n) is 12.1. The number of benzene rings is 1. The molecule has 0 unspecified atom stereocenters. The summed E-state index contributed by atoms with van der Waals surface area (Å²) in [5.41, 5.74) is 1.47. The zero-order valence-corrected chi connectivity index (χ0v) is 12.9. The highest BCUT2D eigenvalue weighted by Gasteiger charge is 2.50. The molecule has 1 heterocycles. The third-order valence-corrected chi connectivity index (χ3v) is 4.68. The standard InChI is InChI=1S/C13H16ClNO.C2HF3O2/c14-11-3-1-9(2-4-11)13-6-12(16)5-10(13)7-15-8-13;3-2(4,5)1(6)7/h1-4,10,12,15-16H,5-8H2;(H,6,7)/t10-,12-,13+;/m1./s1. The van der Waals surface area contributed by atoms with Crippen LogP contribution in [-0.2, 0) is 10.2 Å². The lowest BCUT2D eigenvalue weighted by Crippen LogP contribution is -2.31. The predicted molar refractivity (Wildman–Crippen MR) is 78.4 cm³/mol. The van der Waals surface area contributed by atoms with Gasteiger partial charge in [-0.2, -0.15) is 13.2 Å². The molecule has 1 saturated heterocycles. The lowest BCUT2D eigenvalue weighted by atomic mass is 9.74. The minimum absolute atomic E-state index is 0.136. The van der Waals surface area contributed by atoms with Crippen LogP contribution in [-0.4, -0.2) is 41.6 Å². The van der Waals surface area contributed by atoms with Crippen molar-refractivity contribution in [1.82, 2.24) is 5.32 Å². The maximum atomic E-state index is 10.6. The molecule has 23 heavy (non-hydrogen) atoms. The van der Waals surface area contributed by atoms with Crippen LogP contribution >= 0.6 is 11.6 Å². The quantitative estimate of drug-likeness (QED) is 0.727. The van der Waals surface area contributed by atoms with Crippen molar-refractivity contribution in [1.29, 1.82) is 0 Å². The summed E-state index contributed by atoms with van der Waals surface area (Å²) in [6.07, 6.45) is -3.41. The number of alkyl halides is 3. The van der Waals surface area contributed by atoms with E-state index in [0.29, 0.717) is 5.92 Å². The number of aliphatic carboxylic acids is 1. The van der Waals surface area contributed by atoms with E-state index in [0.717, 1.165) is 31.0 Å². The molecular weight excluding hydrogens is 335 g/mol. The van der Waals surface area contributed by atoms with Crippen LogP contribution in [0.3, 0.4) is 0 Å². The Morgan fingerprint density at radius 2 is 1.87 bits per heavy atom. The molecule has 1 aromatic carbocycles. The Morgan fingerprint density at radius 1 is 1.30 bits per heavy atom. The van der Waals surface area contributed by atoms with E-state index in [2.05, 4.69) is 17.4 Å². The van der Waals surface area contributed by atoms with Gasteiger partial charge < -0.3 is 15.5 Å². The number of hydrogen-bond donors (Lipinski definition) is 3. The van der Waals surface area contributed by atoms with Gasteiger partial charge in [-0.05, 0) is 43.0 Å². The molecule has 1 aromatic rings. The van der Waals surface area contributed by atoms with Gasteiger partial charge in [0.25, 0.3) is 0 Å². The summed E-state index contributed by atoms with van der Waals surface area (Å²) in [5.74, 6) is -2.18. The van der Waals surface area contributed by atoms with E-state index in [9.17, 15) is 18.3 Å². The average molecular weight is 352 g/mol. The van der Waals surface area contributed by atoms with Gasteiger partial charge in [-0.1, -0.05) is 23.7 Å². The number of carboxylic acid groups (broad SMARTS) is 1. The fourth-order valence-electron chi connectivity index (χ4n) is 3.43. The van der Waals surface area contributed by atoms with Gasteiger partial charge in [0.05, 0.1) is 6.10 Å². The van der Waals surface area contributed by atoms with Crippen LogP contribution < -0.4 is 5.32 Å². The summed E-state index contributed by atoms with van der Waals surface area (Å²) in [6, 6.07) is 8.12. The van der Waals surface area contributed by atoms with E-state index < -0.39 is 12.1 Å². The molecule has 1 aliphatic heterocycles. The smallest absolute Gasteiger partial charge is 0.475 e. The first-order valence-corrected chi connectivity index (χ1v) is 7.48. The van der Waals surface area contributed by atoms with Gasteiger partial charge in [0, 0.05) is 17.0 Å². The number of nitrogens with one attached hydrogen (secondary N) is 1. The van der Waals surface area contributed by atoms with Gasteiger partial charge in [-0.3, -0.25) is 0 Å². The molecule has 8 heteroatoms. The number of carbonyl (C=O) groups is 1. The molecule has 4 nitrogen and oxygen atoms in total. The van der Waals surface area contributed by atoms with Crippen molar-refractivity contribution in [3.8, 4) is 0 Å². The summed E-state index contributed by atoms with van der Waals surface area (Å²) in [7, 11) is 0. The number of rotatable bonds is 1. The second kappa shape index (κ2) is 6.67. The fraction of sp³-hybridized carbons (Fsp3) is 0.533. The van der Waals surface area contributed by atoms with Crippen LogP contribution in [0.1, 0.15) is 18.4 Å². The third kappa shape index (κ3) is 3.97. The Labute approximate surface area is 136 Å². The van der Waals surface area contributed by atoms with Crippen molar-refractivity contribution in [2.45, 2.75) is 30.5 Å². The summed E-state index contributed by atoms with van der Waals surface area (Å²) in [4.78, 5) is 8.90. The molecule has 3 N–H and O–H groups in total. The first kappa shape index (κ1) is 18.0. The zero-order chi connectivity index (χ0) is 17.3. The number of carboxylic acids is 1. The lowest BCUT2D eigenvalue weighted by molar-refractivity contribution is -0.192. The Balaban J connectivity index is 0.000000236. The molecular formula is C15H17ClF3NO3. The van der Waals surface area contributed by atoms with Gasteiger partial charge in [-0.15, -0.1) is 0 Å². The van der Waals surface area contributed by atoms with Gasteiger partial charge >= 0.3 is 12.1 Å². The third-order valence-electron chi connectivity index (χ3n) is 4.43.